The molecule has 0 unspecified atom stereocenters. The minimum absolute atomic E-state index is 0.0253. The molecular formula is C24H23F2N7O3S2. The van der Waals surface area contributed by atoms with E-state index >= 15 is 0 Å². The van der Waals surface area contributed by atoms with Gasteiger partial charge in [0.05, 0.1) is 22.0 Å². The molecule has 2 N–H and O–H groups in total. The summed E-state index contributed by atoms with van der Waals surface area (Å²) in [6, 6.07) is 5.70. The van der Waals surface area contributed by atoms with Crippen LogP contribution in [-0.2, 0) is 17.3 Å². The Morgan fingerprint density at radius 2 is 1.95 bits per heavy atom. The molecule has 0 bridgehead atoms. The monoisotopic (exact) mass is 559 g/mol. The molecule has 5 aromatic rings. The molecule has 1 fully saturated rings. The molecule has 0 spiro atoms. The number of hydrogen-bond acceptors (Lipinski definition) is 9. The van der Waals surface area contributed by atoms with Gasteiger partial charge in [-0.25, -0.2) is 13.8 Å². The first kappa shape index (κ1) is 24.8. The van der Waals surface area contributed by atoms with E-state index in [-0.39, 0.29) is 21.6 Å². The fraction of sp³-hybridized carbons (Fsp3) is 0.333. The summed E-state index contributed by atoms with van der Waals surface area (Å²) in [5, 5.41) is 4.37. The lowest BCUT2D eigenvalue weighted by atomic mass is 9.89. The number of benzene rings is 1. The van der Waals surface area contributed by atoms with Gasteiger partial charge in [0.2, 0.25) is 11.8 Å². The molecule has 198 valence electrons. The van der Waals surface area contributed by atoms with E-state index in [4.69, 9.17) is 10.2 Å². The van der Waals surface area contributed by atoms with Gasteiger partial charge in [-0.15, -0.1) is 5.10 Å². The molecule has 5 heterocycles. The summed E-state index contributed by atoms with van der Waals surface area (Å²) in [6.45, 7) is 2.35. The van der Waals surface area contributed by atoms with Crippen molar-refractivity contribution in [1.82, 2.24) is 29.0 Å². The van der Waals surface area contributed by atoms with Gasteiger partial charge in [-0.2, -0.15) is 9.50 Å². The van der Waals surface area contributed by atoms with Crippen LogP contribution in [0.25, 0.3) is 27.6 Å². The Hall–Kier alpha value is -3.49. The maximum absolute atomic E-state index is 14.5. The number of aromatic nitrogens is 5. The Kier molecular flexibility index (Phi) is 6.32. The highest BCUT2D eigenvalue weighted by molar-refractivity contribution is 7.84. The molecule has 1 aliphatic heterocycles. The van der Waals surface area contributed by atoms with Gasteiger partial charge in [-0.05, 0) is 55.6 Å². The van der Waals surface area contributed by atoms with E-state index in [1.54, 1.807) is 16.7 Å². The zero-order chi connectivity index (χ0) is 26.6. The molecule has 38 heavy (non-hydrogen) atoms. The molecule has 1 atom stereocenters. The molecule has 4 aromatic heterocycles. The third-order valence-electron chi connectivity index (χ3n) is 6.89. The molecule has 0 aliphatic carbocycles. The van der Waals surface area contributed by atoms with Gasteiger partial charge in [0.15, 0.2) is 17.1 Å². The predicted octanol–water partition coefficient (Wildman–Crippen LogP) is 3.24. The Morgan fingerprint density at radius 3 is 2.66 bits per heavy atom. The van der Waals surface area contributed by atoms with Gasteiger partial charge in [-0.3, -0.25) is 13.6 Å². The van der Waals surface area contributed by atoms with Crippen molar-refractivity contribution in [3.05, 3.63) is 57.4 Å². The minimum Gasteiger partial charge on any atom is -0.461 e. The van der Waals surface area contributed by atoms with E-state index in [1.165, 1.54) is 23.1 Å². The number of halogens is 2. The van der Waals surface area contributed by atoms with Crippen LogP contribution < -0.4 is 10.6 Å². The molecule has 1 saturated heterocycles. The second kappa shape index (κ2) is 9.67. The van der Waals surface area contributed by atoms with Crippen molar-refractivity contribution in [1.29, 1.82) is 0 Å². The zero-order valence-corrected chi connectivity index (χ0v) is 21.9. The van der Waals surface area contributed by atoms with Crippen LogP contribution in [-0.4, -0.2) is 59.1 Å². The lowest BCUT2D eigenvalue weighted by molar-refractivity contribution is 0.204. The Labute approximate surface area is 221 Å². The second-order valence-corrected chi connectivity index (χ2v) is 11.5. The number of piperidine rings is 1. The molecule has 1 aromatic carbocycles. The molecule has 0 radical (unpaired) electrons. The van der Waals surface area contributed by atoms with E-state index in [2.05, 4.69) is 20.0 Å². The molecule has 0 amide bonds. The Morgan fingerprint density at radius 1 is 1.16 bits per heavy atom. The van der Waals surface area contributed by atoms with E-state index in [0.717, 1.165) is 17.4 Å². The van der Waals surface area contributed by atoms with E-state index < -0.39 is 22.4 Å². The van der Waals surface area contributed by atoms with Gasteiger partial charge in [0, 0.05) is 25.4 Å². The van der Waals surface area contributed by atoms with Crippen LogP contribution in [0.15, 0.2) is 44.6 Å². The first-order valence-electron chi connectivity index (χ1n) is 11.9. The standard InChI is InChI=1S/C24H23F2N7O3S2/c1-38(35)18-11-14(15(25)12-16(18)26)13-4-6-31(7-5-13)8-9-32-21-19(37-24(32)34)22-28-20(17-3-2-10-36-17)30-33(22)23(27)29-21/h2-3,10-13H,4-9H2,1H3,(H2,27,29)/t38-/m1/s1. The third-order valence-corrected chi connectivity index (χ3v) is 8.78. The highest BCUT2D eigenvalue weighted by Crippen LogP contribution is 2.32. The predicted molar refractivity (Wildman–Crippen MR) is 140 cm³/mol. The number of likely N-dealkylation sites (tertiary alicyclic amines) is 1. The van der Waals surface area contributed by atoms with Gasteiger partial charge < -0.3 is 15.1 Å². The van der Waals surface area contributed by atoms with Crippen molar-refractivity contribution in [3.8, 4) is 11.6 Å². The third kappa shape index (κ3) is 4.31. The fourth-order valence-corrected chi connectivity index (χ4v) is 6.48. The van der Waals surface area contributed by atoms with Crippen LogP contribution in [0.3, 0.4) is 0 Å². The van der Waals surface area contributed by atoms with Gasteiger partial charge in [-0.1, -0.05) is 11.3 Å². The van der Waals surface area contributed by atoms with Crippen LogP contribution in [0.2, 0.25) is 0 Å². The number of thiazole rings is 1. The van der Waals surface area contributed by atoms with Gasteiger partial charge in [0.25, 0.3) is 0 Å². The van der Waals surface area contributed by atoms with Crippen molar-refractivity contribution >= 4 is 44.1 Å². The topological polar surface area (TPSA) is 125 Å². The maximum atomic E-state index is 14.5. The summed E-state index contributed by atoms with van der Waals surface area (Å²) < 4.78 is 49.3. The second-order valence-electron chi connectivity index (χ2n) is 9.16. The molecular weight excluding hydrogens is 536 g/mol. The summed E-state index contributed by atoms with van der Waals surface area (Å²) >= 11 is 1.04. The maximum Gasteiger partial charge on any atom is 0.309 e. The summed E-state index contributed by atoms with van der Waals surface area (Å²) in [6.07, 6.45) is 4.24. The molecule has 6 rings (SSSR count). The first-order valence-corrected chi connectivity index (χ1v) is 14.3. The van der Waals surface area contributed by atoms with Crippen molar-refractivity contribution < 1.29 is 17.4 Å². The summed E-state index contributed by atoms with van der Waals surface area (Å²) in [4.78, 5) is 23.9. The van der Waals surface area contributed by atoms with Crippen molar-refractivity contribution in [3.63, 3.8) is 0 Å². The first-order chi connectivity index (χ1) is 18.3. The SMILES string of the molecule is C[S@@](=O)c1cc(C2CCN(CCn3c(=O)sc4c3nc(N)n3nc(-c5ccco5)nc43)CC2)c(F)cc1F. The van der Waals surface area contributed by atoms with Crippen molar-refractivity contribution in [2.24, 2.45) is 0 Å². The lowest BCUT2D eigenvalue weighted by Gasteiger charge is -2.32. The highest BCUT2D eigenvalue weighted by atomic mass is 32.2. The van der Waals surface area contributed by atoms with Crippen LogP contribution in [0.5, 0.6) is 0 Å². The smallest absolute Gasteiger partial charge is 0.309 e. The van der Waals surface area contributed by atoms with Crippen LogP contribution in [0, 0.1) is 11.6 Å². The highest BCUT2D eigenvalue weighted by Gasteiger charge is 2.26. The number of fused-ring (bicyclic) bond motifs is 3. The number of hydrogen-bond donors (Lipinski definition) is 1. The average Bonchev–Trinajstić information content (AvgIpc) is 3.62. The van der Waals surface area contributed by atoms with Crippen molar-refractivity contribution in [2.75, 3.05) is 31.6 Å². The van der Waals surface area contributed by atoms with Crippen molar-refractivity contribution in [2.45, 2.75) is 30.2 Å². The molecule has 14 heteroatoms. The largest absolute Gasteiger partial charge is 0.461 e. The fourth-order valence-electron chi connectivity index (χ4n) is 4.92. The number of anilines is 1. The zero-order valence-electron chi connectivity index (χ0n) is 20.3. The number of nitrogens with zero attached hydrogens (tertiary/aromatic N) is 6. The van der Waals surface area contributed by atoms with E-state index in [0.29, 0.717) is 72.2 Å². The number of nitrogens with two attached hydrogens (primary N) is 1. The summed E-state index contributed by atoms with van der Waals surface area (Å²) in [5.41, 5.74) is 7.45. The number of furan rings is 1. The normalized spacial score (nSPS) is 16.1. The molecule has 0 saturated carbocycles. The average molecular weight is 560 g/mol. The van der Waals surface area contributed by atoms with Crippen LogP contribution >= 0.6 is 11.3 Å². The van der Waals surface area contributed by atoms with E-state index in [1.807, 2.05) is 0 Å². The minimum atomic E-state index is -1.53. The Balaban J connectivity index is 1.19. The molecule has 10 nitrogen and oxygen atoms in total. The van der Waals surface area contributed by atoms with Gasteiger partial charge in [0.1, 0.15) is 16.3 Å². The Bertz CT molecular complexity index is 1740. The van der Waals surface area contributed by atoms with Gasteiger partial charge >= 0.3 is 4.87 Å². The summed E-state index contributed by atoms with van der Waals surface area (Å²) in [7, 11) is -1.53. The number of rotatable bonds is 6. The number of nitrogen functional groups attached to an aromatic ring is 1. The summed E-state index contributed by atoms with van der Waals surface area (Å²) in [5.74, 6) is -0.543. The van der Waals surface area contributed by atoms with Crippen LogP contribution in [0.4, 0.5) is 14.7 Å². The quantitative estimate of drug-likeness (QED) is 0.336. The molecule has 1 aliphatic rings. The van der Waals surface area contributed by atoms with E-state index in [9.17, 15) is 17.8 Å². The lowest BCUT2D eigenvalue weighted by Crippen LogP contribution is -2.36. The van der Waals surface area contributed by atoms with Crippen LogP contribution in [0.1, 0.15) is 24.3 Å².